The second-order valence-corrected chi connectivity index (χ2v) is 5.99. The fourth-order valence-corrected chi connectivity index (χ4v) is 2.39. The monoisotopic (exact) mass is 348 g/mol. The number of nitrogens with zero attached hydrogens (tertiary/aromatic N) is 1. The average Bonchev–Trinajstić information content (AvgIpc) is 3.08. The number of ether oxygens (including phenoxy) is 2. The summed E-state index contributed by atoms with van der Waals surface area (Å²) >= 11 is 0. The van der Waals surface area contributed by atoms with Crippen LogP contribution in [0.25, 0.3) is 0 Å². The molecule has 1 aliphatic heterocycles. The first kappa shape index (κ1) is 18.9. The van der Waals surface area contributed by atoms with Crippen LogP contribution in [-0.2, 0) is 11.2 Å². The molecule has 0 saturated carbocycles. The maximum atomic E-state index is 11.7. The normalized spacial score (nSPS) is 14.1. The van der Waals surface area contributed by atoms with Crippen molar-refractivity contribution in [1.82, 2.24) is 16.0 Å². The van der Waals surface area contributed by atoms with Crippen LogP contribution in [0.2, 0.25) is 0 Å². The summed E-state index contributed by atoms with van der Waals surface area (Å²) in [5, 5.41) is 9.34. The molecule has 0 bridgehead atoms. The lowest BCUT2D eigenvalue weighted by Gasteiger charge is -2.14. The van der Waals surface area contributed by atoms with Crippen molar-refractivity contribution in [2.75, 3.05) is 26.9 Å². The van der Waals surface area contributed by atoms with Crippen LogP contribution in [0.4, 0.5) is 0 Å². The smallest absolute Gasteiger partial charge is 0.231 e. The maximum Gasteiger partial charge on any atom is 0.231 e. The lowest BCUT2D eigenvalue weighted by atomic mass is 10.1. The summed E-state index contributed by atoms with van der Waals surface area (Å²) in [5.74, 6) is 2.34. The predicted octanol–water partition coefficient (Wildman–Crippen LogP) is 1.43. The van der Waals surface area contributed by atoms with Crippen molar-refractivity contribution in [3.8, 4) is 11.5 Å². The zero-order valence-electron chi connectivity index (χ0n) is 15.2. The SMILES string of the molecule is CCC(C)NC(=O)CCNC(=NC)NCCc1ccc2c(c1)OCO2. The van der Waals surface area contributed by atoms with Crippen molar-refractivity contribution in [3.05, 3.63) is 23.8 Å². The van der Waals surface area contributed by atoms with Gasteiger partial charge in [0.05, 0.1) is 0 Å². The van der Waals surface area contributed by atoms with Crippen molar-refractivity contribution in [2.24, 2.45) is 4.99 Å². The van der Waals surface area contributed by atoms with E-state index in [1.54, 1.807) is 7.05 Å². The van der Waals surface area contributed by atoms with Gasteiger partial charge in [-0.3, -0.25) is 9.79 Å². The Morgan fingerprint density at radius 3 is 2.76 bits per heavy atom. The van der Waals surface area contributed by atoms with Gasteiger partial charge in [-0.25, -0.2) is 0 Å². The Balaban J connectivity index is 1.66. The zero-order chi connectivity index (χ0) is 18.1. The summed E-state index contributed by atoms with van der Waals surface area (Å²) in [7, 11) is 1.72. The second kappa shape index (κ2) is 9.76. The van der Waals surface area contributed by atoms with E-state index in [-0.39, 0.29) is 18.7 Å². The Bertz CT molecular complexity index is 604. The van der Waals surface area contributed by atoms with Gasteiger partial charge in [0.15, 0.2) is 17.5 Å². The van der Waals surface area contributed by atoms with Gasteiger partial charge in [0.1, 0.15) is 0 Å². The minimum absolute atomic E-state index is 0.0534. The van der Waals surface area contributed by atoms with Gasteiger partial charge in [0, 0.05) is 32.6 Å². The van der Waals surface area contributed by atoms with E-state index in [0.29, 0.717) is 18.9 Å². The van der Waals surface area contributed by atoms with Crippen LogP contribution >= 0.6 is 0 Å². The summed E-state index contributed by atoms with van der Waals surface area (Å²) in [4.78, 5) is 15.9. The van der Waals surface area contributed by atoms with E-state index in [1.165, 1.54) is 5.56 Å². The molecule has 1 amide bonds. The molecule has 0 fully saturated rings. The number of amides is 1. The Morgan fingerprint density at radius 1 is 1.24 bits per heavy atom. The van der Waals surface area contributed by atoms with Crippen LogP contribution in [0, 0.1) is 0 Å². The molecule has 25 heavy (non-hydrogen) atoms. The molecule has 0 radical (unpaired) electrons. The lowest BCUT2D eigenvalue weighted by molar-refractivity contribution is -0.121. The molecule has 0 spiro atoms. The topological polar surface area (TPSA) is 84.0 Å². The van der Waals surface area contributed by atoms with Crippen LogP contribution in [0.1, 0.15) is 32.3 Å². The average molecular weight is 348 g/mol. The highest BCUT2D eigenvalue weighted by atomic mass is 16.7. The number of fused-ring (bicyclic) bond motifs is 1. The van der Waals surface area contributed by atoms with E-state index in [2.05, 4.69) is 27.9 Å². The fourth-order valence-electron chi connectivity index (χ4n) is 2.39. The first-order chi connectivity index (χ1) is 12.1. The van der Waals surface area contributed by atoms with Crippen molar-refractivity contribution in [1.29, 1.82) is 0 Å². The third-order valence-corrected chi connectivity index (χ3v) is 4.03. The minimum Gasteiger partial charge on any atom is -0.454 e. The highest BCUT2D eigenvalue weighted by molar-refractivity contribution is 5.81. The largest absolute Gasteiger partial charge is 0.454 e. The standard InChI is InChI=1S/C18H28N4O3/c1-4-13(2)22-17(23)8-10-21-18(19-3)20-9-7-14-5-6-15-16(11-14)25-12-24-15/h5-6,11,13H,4,7-10,12H2,1-3H3,(H,22,23)(H2,19,20,21). The Hall–Kier alpha value is -2.44. The number of guanidine groups is 1. The van der Waals surface area contributed by atoms with E-state index >= 15 is 0 Å². The molecular weight excluding hydrogens is 320 g/mol. The van der Waals surface area contributed by atoms with Gasteiger partial charge < -0.3 is 25.4 Å². The number of nitrogens with one attached hydrogen (secondary N) is 3. The molecule has 0 aliphatic carbocycles. The summed E-state index contributed by atoms with van der Waals surface area (Å²) in [6, 6.07) is 6.18. The quantitative estimate of drug-likeness (QED) is 0.489. The molecule has 1 aromatic carbocycles. The van der Waals surface area contributed by atoms with Crippen molar-refractivity contribution >= 4 is 11.9 Å². The summed E-state index contributed by atoms with van der Waals surface area (Å²) in [5.41, 5.74) is 1.17. The van der Waals surface area contributed by atoms with Crippen LogP contribution in [0.5, 0.6) is 11.5 Å². The van der Waals surface area contributed by atoms with Crippen LogP contribution < -0.4 is 25.4 Å². The van der Waals surface area contributed by atoms with E-state index < -0.39 is 0 Å². The van der Waals surface area contributed by atoms with Gasteiger partial charge in [-0.2, -0.15) is 0 Å². The molecule has 1 heterocycles. The summed E-state index contributed by atoms with van der Waals surface area (Å²) < 4.78 is 10.7. The van der Waals surface area contributed by atoms with Crippen LogP contribution in [0.3, 0.4) is 0 Å². The number of carbonyl (C=O) groups excluding carboxylic acids is 1. The van der Waals surface area contributed by atoms with Gasteiger partial charge >= 0.3 is 0 Å². The third-order valence-electron chi connectivity index (χ3n) is 4.03. The Kier molecular flexibility index (Phi) is 7.37. The number of carbonyl (C=O) groups is 1. The van der Waals surface area contributed by atoms with Gasteiger partial charge in [0.25, 0.3) is 0 Å². The van der Waals surface area contributed by atoms with Crippen LogP contribution in [0.15, 0.2) is 23.2 Å². The Labute approximate surface area is 149 Å². The van der Waals surface area contributed by atoms with E-state index in [0.717, 1.165) is 30.9 Å². The number of benzene rings is 1. The van der Waals surface area contributed by atoms with E-state index in [1.807, 2.05) is 25.1 Å². The number of rotatable bonds is 8. The van der Waals surface area contributed by atoms with E-state index in [4.69, 9.17) is 9.47 Å². The molecule has 138 valence electrons. The van der Waals surface area contributed by atoms with Gasteiger partial charge in [-0.1, -0.05) is 13.0 Å². The van der Waals surface area contributed by atoms with Gasteiger partial charge in [-0.05, 0) is 37.5 Å². The molecule has 7 nitrogen and oxygen atoms in total. The molecule has 2 rings (SSSR count). The minimum atomic E-state index is 0.0534. The second-order valence-electron chi connectivity index (χ2n) is 5.99. The molecule has 1 aromatic rings. The first-order valence-electron chi connectivity index (χ1n) is 8.74. The van der Waals surface area contributed by atoms with E-state index in [9.17, 15) is 4.79 Å². The zero-order valence-corrected chi connectivity index (χ0v) is 15.2. The molecule has 0 saturated heterocycles. The van der Waals surface area contributed by atoms with Gasteiger partial charge in [-0.15, -0.1) is 0 Å². The highest BCUT2D eigenvalue weighted by Crippen LogP contribution is 2.32. The molecule has 3 N–H and O–H groups in total. The van der Waals surface area contributed by atoms with Crippen molar-refractivity contribution in [2.45, 2.75) is 39.2 Å². The number of hydrogen-bond donors (Lipinski definition) is 3. The van der Waals surface area contributed by atoms with Crippen LogP contribution in [-0.4, -0.2) is 44.8 Å². The van der Waals surface area contributed by atoms with Gasteiger partial charge in [0.2, 0.25) is 12.7 Å². The molecule has 1 unspecified atom stereocenters. The first-order valence-corrected chi connectivity index (χ1v) is 8.74. The number of aliphatic imine (C=N–C) groups is 1. The molecule has 0 aromatic heterocycles. The van der Waals surface area contributed by atoms with Crippen molar-refractivity contribution < 1.29 is 14.3 Å². The summed E-state index contributed by atoms with van der Waals surface area (Å²) in [6.45, 7) is 5.62. The summed E-state index contributed by atoms with van der Waals surface area (Å²) in [6.07, 6.45) is 2.20. The lowest BCUT2D eigenvalue weighted by Crippen LogP contribution is -2.41. The molecule has 1 aliphatic rings. The third kappa shape index (κ3) is 6.17. The number of hydrogen-bond acceptors (Lipinski definition) is 4. The highest BCUT2D eigenvalue weighted by Gasteiger charge is 2.13. The van der Waals surface area contributed by atoms with Crippen molar-refractivity contribution in [3.63, 3.8) is 0 Å². The maximum absolute atomic E-state index is 11.7. The molecule has 1 atom stereocenters. The molecule has 7 heteroatoms. The fraction of sp³-hybridized carbons (Fsp3) is 0.556. The molecular formula is C18H28N4O3. The Morgan fingerprint density at radius 2 is 2.00 bits per heavy atom. The predicted molar refractivity (Wildman–Crippen MR) is 98.1 cm³/mol.